The average Bonchev–Trinajstić information content (AvgIpc) is 3.79. The van der Waals surface area contributed by atoms with Crippen molar-refractivity contribution < 1.29 is 14.3 Å². The van der Waals surface area contributed by atoms with E-state index in [1.54, 1.807) is 5.56 Å². The molecule has 5 fully saturated rings. The SMILES string of the molecule is CN[C@@H]1C[C@@]2(C)O[C@@H]([C@@H]1OC)N1c3c4c(c5c(c3C3(C6CCCCC6)CCCCC13)CNC5=O)C1CCCCC1(C1CCCCCCCC1)N42. The number of fused-ring (bicyclic) bond motifs is 13. The van der Waals surface area contributed by atoms with Crippen LogP contribution >= 0.6 is 0 Å². The largest absolute Gasteiger partial charge is 0.375 e. The van der Waals surface area contributed by atoms with E-state index >= 15 is 0 Å². The highest BCUT2D eigenvalue weighted by atomic mass is 16.6. The van der Waals surface area contributed by atoms with Gasteiger partial charge >= 0.3 is 0 Å². The summed E-state index contributed by atoms with van der Waals surface area (Å²) < 4.78 is 14.5. The molecule has 50 heavy (non-hydrogen) atoms. The molecule has 10 rings (SSSR count). The van der Waals surface area contributed by atoms with Gasteiger partial charge in [-0.3, -0.25) is 4.79 Å². The van der Waals surface area contributed by atoms with E-state index in [0.29, 0.717) is 30.3 Å². The summed E-state index contributed by atoms with van der Waals surface area (Å²) in [6, 6.07) is 0.584. The average molecular weight is 685 g/mol. The molecule has 2 bridgehead atoms. The van der Waals surface area contributed by atoms with Gasteiger partial charge in [0, 0.05) is 43.5 Å². The number of benzene rings is 1. The smallest absolute Gasteiger partial charge is 0.252 e. The summed E-state index contributed by atoms with van der Waals surface area (Å²) >= 11 is 0. The number of anilines is 2. The lowest BCUT2D eigenvalue weighted by Crippen LogP contribution is -2.72. The normalized spacial score (nSPS) is 41.3. The molecular formula is C43H64N4O3. The Morgan fingerprint density at radius 2 is 1.48 bits per heavy atom. The van der Waals surface area contributed by atoms with Crippen molar-refractivity contribution in [2.45, 2.75) is 202 Å². The monoisotopic (exact) mass is 684 g/mol. The number of rotatable bonds is 4. The zero-order valence-electron chi connectivity index (χ0n) is 31.4. The van der Waals surface area contributed by atoms with Gasteiger partial charge in [-0.25, -0.2) is 0 Å². The van der Waals surface area contributed by atoms with Crippen LogP contribution in [0.15, 0.2) is 0 Å². The van der Waals surface area contributed by atoms with Crippen LogP contribution in [0.1, 0.15) is 181 Å². The number of carbonyl (C=O) groups is 1. The van der Waals surface area contributed by atoms with Crippen LogP contribution in [0.4, 0.5) is 11.4 Å². The van der Waals surface area contributed by atoms with Gasteiger partial charge in [-0.15, -0.1) is 0 Å². The van der Waals surface area contributed by atoms with Crippen molar-refractivity contribution >= 4 is 17.3 Å². The third kappa shape index (κ3) is 4.18. The molecule has 274 valence electrons. The third-order valence-electron chi connectivity index (χ3n) is 16.6. The lowest BCUT2D eigenvalue weighted by molar-refractivity contribution is -0.195. The van der Waals surface area contributed by atoms with Gasteiger partial charge in [-0.1, -0.05) is 83.5 Å². The Morgan fingerprint density at radius 3 is 2.22 bits per heavy atom. The summed E-state index contributed by atoms with van der Waals surface area (Å²) in [6.45, 7) is 3.17. The van der Waals surface area contributed by atoms with Crippen LogP contribution in [0.3, 0.4) is 0 Å². The number of methoxy groups -OCH3 is 1. The van der Waals surface area contributed by atoms with E-state index in [1.807, 2.05) is 7.11 Å². The van der Waals surface area contributed by atoms with Crippen LogP contribution in [0, 0.1) is 11.8 Å². The van der Waals surface area contributed by atoms with E-state index < -0.39 is 5.72 Å². The van der Waals surface area contributed by atoms with E-state index in [0.717, 1.165) is 12.0 Å². The second-order valence-corrected chi connectivity index (χ2v) is 18.6. The maximum absolute atomic E-state index is 14.6. The van der Waals surface area contributed by atoms with E-state index in [9.17, 15) is 4.79 Å². The van der Waals surface area contributed by atoms with Crippen molar-refractivity contribution in [1.82, 2.24) is 10.6 Å². The Kier molecular flexibility index (Phi) is 7.93. The predicted octanol–water partition coefficient (Wildman–Crippen LogP) is 8.56. The van der Waals surface area contributed by atoms with Gasteiger partial charge in [0.15, 0.2) is 6.23 Å². The quantitative estimate of drug-likeness (QED) is 0.332. The van der Waals surface area contributed by atoms with Crippen LogP contribution in [0.2, 0.25) is 0 Å². The van der Waals surface area contributed by atoms with Crippen LogP contribution in [0.5, 0.6) is 0 Å². The Bertz CT molecular complexity index is 1510. The summed E-state index contributed by atoms with van der Waals surface area (Å²) in [5, 5.41) is 7.30. The van der Waals surface area contributed by atoms with E-state index in [4.69, 9.17) is 9.47 Å². The number of carbonyl (C=O) groups excluding carboxylic acids is 1. The summed E-state index contributed by atoms with van der Waals surface area (Å²) in [7, 11) is 4.08. The number of nitrogens with zero attached hydrogens (tertiary/aromatic N) is 2. The van der Waals surface area contributed by atoms with Crippen LogP contribution in [-0.4, -0.2) is 55.7 Å². The minimum Gasteiger partial charge on any atom is -0.375 e. The lowest BCUT2D eigenvalue weighted by Gasteiger charge is -2.60. The molecule has 5 heterocycles. The number of nitrogens with one attached hydrogen (secondary N) is 2. The highest BCUT2D eigenvalue weighted by molar-refractivity contribution is 6.06. The van der Waals surface area contributed by atoms with Crippen molar-refractivity contribution in [2.24, 2.45) is 11.8 Å². The van der Waals surface area contributed by atoms with Crippen LogP contribution < -0.4 is 20.4 Å². The number of ether oxygens (including phenoxy) is 2. The predicted molar refractivity (Wildman–Crippen MR) is 199 cm³/mol. The molecule has 1 aromatic rings. The minimum absolute atomic E-state index is 0.0179. The molecule has 0 spiro atoms. The van der Waals surface area contributed by atoms with Crippen LogP contribution in [0.25, 0.3) is 0 Å². The molecule has 7 nitrogen and oxygen atoms in total. The molecule has 8 atom stereocenters. The molecule has 5 aliphatic heterocycles. The number of amides is 1. The zero-order valence-corrected chi connectivity index (χ0v) is 31.4. The number of hydrogen-bond donors (Lipinski definition) is 2. The summed E-state index contributed by atoms with van der Waals surface area (Å²) in [5.74, 6) is 1.89. The topological polar surface area (TPSA) is 66.1 Å². The van der Waals surface area contributed by atoms with Crippen molar-refractivity contribution in [3.05, 3.63) is 22.3 Å². The molecular weight excluding hydrogens is 620 g/mol. The molecule has 1 aromatic carbocycles. The second kappa shape index (κ2) is 12.1. The van der Waals surface area contributed by atoms with Gasteiger partial charge in [0.2, 0.25) is 0 Å². The van der Waals surface area contributed by atoms with Gasteiger partial charge < -0.3 is 29.9 Å². The first-order valence-electron chi connectivity index (χ1n) is 21.5. The molecule has 4 unspecified atom stereocenters. The number of hydrogen-bond acceptors (Lipinski definition) is 6. The Hall–Kier alpha value is -1.83. The molecule has 0 radical (unpaired) electrons. The number of likely N-dealkylation sites (N-methyl/N-ethyl adjacent to an activating group) is 1. The minimum atomic E-state index is -0.490. The summed E-state index contributed by atoms with van der Waals surface area (Å²) in [5.41, 5.74) is 8.11. The maximum atomic E-state index is 14.6. The van der Waals surface area contributed by atoms with Crippen LogP contribution in [-0.2, 0) is 21.4 Å². The molecule has 1 amide bonds. The van der Waals surface area contributed by atoms with Gasteiger partial charge in [0.05, 0.1) is 22.5 Å². The van der Waals surface area contributed by atoms with Crippen molar-refractivity contribution in [3.8, 4) is 0 Å². The molecule has 7 heteroatoms. The van der Waals surface area contributed by atoms with E-state index in [-0.39, 0.29) is 35.2 Å². The Labute approximate surface area is 301 Å². The first-order valence-corrected chi connectivity index (χ1v) is 21.5. The molecule has 2 N–H and O–H groups in total. The van der Waals surface area contributed by atoms with Gasteiger partial charge in [0.1, 0.15) is 11.8 Å². The van der Waals surface area contributed by atoms with E-state index in [1.165, 1.54) is 157 Å². The van der Waals surface area contributed by atoms with Crippen molar-refractivity contribution in [1.29, 1.82) is 0 Å². The fourth-order valence-corrected chi connectivity index (χ4v) is 15.0. The first kappa shape index (κ1) is 32.8. The second-order valence-electron chi connectivity index (χ2n) is 18.6. The molecule has 4 saturated carbocycles. The van der Waals surface area contributed by atoms with E-state index in [2.05, 4.69) is 34.4 Å². The highest BCUT2D eigenvalue weighted by Crippen LogP contribution is 2.72. The fraction of sp³-hybridized carbons (Fsp3) is 0.837. The Morgan fingerprint density at radius 1 is 0.820 bits per heavy atom. The van der Waals surface area contributed by atoms with Crippen molar-refractivity contribution in [3.63, 3.8) is 0 Å². The molecule has 0 aromatic heterocycles. The molecule has 9 aliphatic rings. The first-order chi connectivity index (χ1) is 24.5. The van der Waals surface area contributed by atoms with Gasteiger partial charge in [-0.05, 0) is 93.9 Å². The molecule has 4 aliphatic carbocycles. The Balaban J connectivity index is 1.31. The summed E-state index contributed by atoms with van der Waals surface area (Å²) in [6.07, 6.45) is 28.2. The lowest BCUT2D eigenvalue weighted by atomic mass is 9.56. The van der Waals surface area contributed by atoms with Gasteiger partial charge in [-0.2, -0.15) is 0 Å². The summed E-state index contributed by atoms with van der Waals surface area (Å²) in [4.78, 5) is 20.4. The van der Waals surface area contributed by atoms with Crippen molar-refractivity contribution in [2.75, 3.05) is 24.0 Å². The van der Waals surface area contributed by atoms with Gasteiger partial charge in [0.25, 0.3) is 5.91 Å². The third-order valence-corrected chi connectivity index (χ3v) is 16.6. The maximum Gasteiger partial charge on any atom is 0.252 e. The fourth-order valence-electron chi connectivity index (χ4n) is 15.0. The zero-order chi connectivity index (χ0) is 33.8. The molecule has 1 saturated heterocycles. The highest BCUT2D eigenvalue weighted by Gasteiger charge is 2.71. The standard InChI is InChI=1S/C43H64N4O3/c1-41-25-31(44-2)38(49-3)40(50-41)46-32-22-14-15-23-42(32,27-17-11-8-12-18-27)35-29-26-45-39(48)33(29)34-30-21-13-16-24-43(30,47(41)36(34)37(35)46)28-19-9-6-4-5-7-10-20-28/h27-28,30-32,38,40,44H,4-26H2,1-3H3,(H,45,48)/t30?,31-,32?,38-,40+,41-,42?,43?/m1/s1.